The number of hydrogen-bond donors (Lipinski definition) is 1. The predicted octanol–water partition coefficient (Wildman–Crippen LogP) is 3.18. The standard InChI is InChI=1S/C15H14O2S/c16-14(13-9-5-2-6-10-13)15(17)18-11-12-7-3-1-4-8-12/h1-10,14,16H,11H2/t14-/m0/s1. The zero-order valence-electron chi connectivity index (χ0n) is 9.82. The second-order valence-corrected chi connectivity index (χ2v) is 4.89. The lowest BCUT2D eigenvalue weighted by Crippen LogP contribution is -2.08. The third-order valence-electron chi connectivity index (χ3n) is 2.56. The number of carbonyl (C=O) groups is 1. The molecule has 92 valence electrons. The molecular weight excluding hydrogens is 244 g/mol. The van der Waals surface area contributed by atoms with Crippen molar-refractivity contribution in [2.24, 2.45) is 0 Å². The van der Waals surface area contributed by atoms with E-state index in [9.17, 15) is 9.90 Å². The Bertz CT molecular complexity index is 496. The van der Waals surface area contributed by atoms with Crippen LogP contribution in [-0.2, 0) is 10.5 Å². The van der Waals surface area contributed by atoms with Crippen LogP contribution in [0.15, 0.2) is 60.7 Å². The number of aliphatic hydroxyl groups excluding tert-OH is 1. The van der Waals surface area contributed by atoms with Crippen molar-refractivity contribution in [3.05, 3.63) is 71.8 Å². The van der Waals surface area contributed by atoms with E-state index in [2.05, 4.69) is 0 Å². The van der Waals surface area contributed by atoms with Crippen LogP contribution >= 0.6 is 11.8 Å². The molecule has 2 rings (SSSR count). The molecule has 18 heavy (non-hydrogen) atoms. The molecule has 0 fully saturated rings. The Balaban J connectivity index is 1.93. The lowest BCUT2D eigenvalue weighted by Gasteiger charge is -2.09. The molecule has 0 bridgehead atoms. The van der Waals surface area contributed by atoms with Gasteiger partial charge < -0.3 is 5.11 Å². The third kappa shape index (κ3) is 3.45. The molecule has 0 spiro atoms. The van der Waals surface area contributed by atoms with Crippen molar-refractivity contribution in [1.82, 2.24) is 0 Å². The summed E-state index contributed by atoms with van der Waals surface area (Å²) in [5, 5.41) is 9.68. The van der Waals surface area contributed by atoms with Crippen molar-refractivity contribution < 1.29 is 9.90 Å². The van der Waals surface area contributed by atoms with Crippen LogP contribution in [0.25, 0.3) is 0 Å². The van der Waals surface area contributed by atoms with Gasteiger partial charge in [0.15, 0.2) is 0 Å². The van der Waals surface area contributed by atoms with Gasteiger partial charge in [0.25, 0.3) is 0 Å². The molecule has 2 nitrogen and oxygen atoms in total. The molecule has 0 radical (unpaired) electrons. The molecule has 1 atom stereocenters. The van der Waals surface area contributed by atoms with Crippen molar-refractivity contribution in [2.45, 2.75) is 11.9 Å². The minimum absolute atomic E-state index is 0.218. The van der Waals surface area contributed by atoms with Crippen molar-refractivity contribution in [1.29, 1.82) is 0 Å². The van der Waals surface area contributed by atoms with Crippen molar-refractivity contribution in [2.75, 3.05) is 0 Å². The van der Waals surface area contributed by atoms with Gasteiger partial charge in [-0.25, -0.2) is 0 Å². The van der Waals surface area contributed by atoms with E-state index in [0.717, 1.165) is 17.3 Å². The van der Waals surface area contributed by atoms with E-state index in [1.807, 2.05) is 48.5 Å². The molecule has 0 saturated carbocycles. The second kappa shape index (κ2) is 6.38. The minimum Gasteiger partial charge on any atom is -0.380 e. The first-order valence-corrected chi connectivity index (χ1v) is 6.69. The maximum absolute atomic E-state index is 11.8. The van der Waals surface area contributed by atoms with Gasteiger partial charge in [0.1, 0.15) is 6.10 Å². The molecule has 3 heteroatoms. The molecular formula is C15H14O2S. The number of benzene rings is 2. The molecule has 2 aromatic carbocycles. The first kappa shape index (κ1) is 12.9. The summed E-state index contributed by atoms with van der Waals surface area (Å²) in [5.74, 6) is 0.587. The highest BCUT2D eigenvalue weighted by molar-refractivity contribution is 8.13. The summed E-state index contributed by atoms with van der Waals surface area (Å²) < 4.78 is 0. The van der Waals surface area contributed by atoms with Gasteiger partial charge in [0.2, 0.25) is 5.12 Å². The highest BCUT2D eigenvalue weighted by Crippen LogP contribution is 2.22. The van der Waals surface area contributed by atoms with Gasteiger partial charge in [-0.3, -0.25) is 4.79 Å². The molecule has 0 saturated heterocycles. The van der Waals surface area contributed by atoms with Gasteiger partial charge in [0, 0.05) is 5.75 Å². The van der Waals surface area contributed by atoms with Crippen molar-refractivity contribution in [3.8, 4) is 0 Å². The Kier molecular flexibility index (Phi) is 4.56. The van der Waals surface area contributed by atoms with Crippen LogP contribution in [0, 0.1) is 0 Å². The summed E-state index contributed by atoms with van der Waals surface area (Å²) in [7, 11) is 0. The molecule has 0 aliphatic heterocycles. The highest BCUT2D eigenvalue weighted by atomic mass is 32.2. The van der Waals surface area contributed by atoms with Gasteiger partial charge in [-0.15, -0.1) is 0 Å². The Morgan fingerprint density at radius 1 is 1.00 bits per heavy atom. The lowest BCUT2D eigenvalue weighted by atomic mass is 10.1. The van der Waals surface area contributed by atoms with Crippen LogP contribution in [0.5, 0.6) is 0 Å². The quantitative estimate of drug-likeness (QED) is 0.915. The second-order valence-electron chi connectivity index (χ2n) is 3.91. The van der Waals surface area contributed by atoms with E-state index in [1.165, 1.54) is 0 Å². The molecule has 0 unspecified atom stereocenters. The molecule has 0 heterocycles. The van der Waals surface area contributed by atoms with Crippen molar-refractivity contribution >= 4 is 16.9 Å². The average Bonchev–Trinajstić information content (AvgIpc) is 2.46. The topological polar surface area (TPSA) is 37.3 Å². The summed E-state index contributed by atoms with van der Waals surface area (Å²) in [5.41, 5.74) is 1.72. The van der Waals surface area contributed by atoms with Crippen LogP contribution in [0.3, 0.4) is 0 Å². The van der Waals surface area contributed by atoms with E-state index >= 15 is 0 Å². The number of thioether (sulfide) groups is 1. The fourth-order valence-corrected chi connectivity index (χ4v) is 2.37. The number of aliphatic hydroxyl groups is 1. The Morgan fingerprint density at radius 2 is 1.56 bits per heavy atom. The lowest BCUT2D eigenvalue weighted by molar-refractivity contribution is -0.118. The van der Waals surface area contributed by atoms with Crippen LogP contribution in [0.2, 0.25) is 0 Å². The van der Waals surface area contributed by atoms with Gasteiger partial charge in [-0.05, 0) is 11.1 Å². The molecule has 0 amide bonds. The first-order valence-electron chi connectivity index (χ1n) is 5.71. The summed E-state index contributed by atoms with van der Waals surface area (Å²) in [4.78, 5) is 11.8. The van der Waals surface area contributed by atoms with Gasteiger partial charge in [-0.2, -0.15) is 0 Å². The predicted molar refractivity (Wildman–Crippen MR) is 74.1 cm³/mol. The SMILES string of the molecule is O=C(SCc1ccccc1)[C@@H](O)c1ccccc1. The fourth-order valence-electron chi connectivity index (χ4n) is 1.58. The maximum Gasteiger partial charge on any atom is 0.222 e. The Labute approximate surface area is 111 Å². The van der Waals surface area contributed by atoms with E-state index in [4.69, 9.17) is 0 Å². The number of hydrogen-bond acceptors (Lipinski definition) is 3. The van der Waals surface area contributed by atoms with Crippen LogP contribution in [-0.4, -0.2) is 10.2 Å². The summed E-state index contributed by atoms with van der Waals surface area (Å²) >= 11 is 1.14. The summed E-state index contributed by atoms with van der Waals surface area (Å²) in [6.07, 6.45) is -1.04. The van der Waals surface area contributed by atoms with Crippen molar-refractivity contribution in [3.63, 3.8) is 0 Å². The van der Waals surface area contributed by atoms with E-state index in [-0.39, 0.29) is 5.12 Å². The fraction of sp³-hybridized carbons (Fsp3) is 0.133. The first-order chi connectivity index (χ1) is 8.77. The van der Waals surface area contributed by atoms with Crippen LogP contribution in [0.1, 0.15) is 17.2 Å². The molecule has 2 aromatic rings. The average molecular weight is 258 g/mol. The molecule has 0 aliphatic carbocycles. The Hall–Kier alpha value is -1.58. The van der Waals surface area contributed by atoms with Gasteiger partial charge >= 0.3 is 0 Å². The largest absolute Gasteiger partial charge is 0.380 e. The van der Waals surface area contributed by atoms with E-state index in [1.54, 1.807) is 12.1 Å². The minimum atomic E-state index is -1.04. The molecule has 0 aromatic heterocycles. The highest BCUT2D eigenvalue weighted by Gasteiger charge is 2.17. The third-order valence-corrected chi connectivity index (χ3v) is 3.55. The smallest absolute Gasteiger partial charge is 0.222 e. The maximum atomic E-state index is 11.8. The number of rotatable bonds is 4. The number of carbonyl (C=O) groups excluding carboxylic acids is 1. The molecule has 1 N–H and O–H groups in total. The van der Waals surface area contributed by atoms with E-state index in [0.29, 0.717) is 11.3 Å². The van der Waals surface area contributed by atoms with Crippen LogP contribution in [0.4, 0.5) is 0 Å². The normalized spacial score (nSPS) is 12.1. The van der Waals surface area contributed by atoms with Gasteiger partial charge in [0.05, 0.1) is 0 Å². The van der Waals surface area contributed by atoms with Crippen LogP contribution < -0.4 is 0 Å². The molecule has 0 aliphatic rings. The zero-order chi connectivity index (χ0) is 12.8. The Morgan fingerprint density at radius 3 is 2.17 bits per heavy atom. The van der Waals surface area contributed by atoms with Gasteiger partial charge in [-0.1, -0.05) is 72.4 Å². The summed E-state index contributed by atoms with van der Waals surface area (Å²) in [6, 6.07) is 18.7. The zero-order valence-corrected chi connectivity index (χ0v) is 10.6. The summed E-state index contributed by atoms with van der Waals surface area (Å²) in [6.45, 7) is 0. The van der Waals surface area contributed by atoms with E-state index < -0.39 is 6.10 Å². The monoisotopic (exact) mass is 258 g/mol.